The second kappa shape index (κ2) is 10.1. The summed E-state index contributed by atoms with van der Waals surface area (Å²) in [4.78, 5) is 30.0. The monoisotopic (exact) mass is 470 g/mol. The minimum atomic E-state index is -0.786. The van der Waals surface area contributed by atoms with Gasteiger partial charge < -0.3 is 9.84 Å². The maximum atomic E-state index is 14.6. The molecular weight excluding hydrogens is 442 g/mol. The van der Waals surface area contributed by atoms with Gasteiger partial charge in [0, 0.05) is 13.0 Å². The van der Waals surface area contributed by atoms with E-state index >= 15 is 0 Å². The molecule has 2 atom stereocenters. The molecule has 1 N–H and O–H groups in total. The topological polar surface area (TPSA) is 81.4 Å². The van der Waals surface area contributed by atoms with Crippen LogP contribution in [0.2, 0.25) is 0 Å². The zero-order valence-corrected chi connectivity index (χ0v) is 19.3. The fraction of sp³-hybridized carbons (Fsp3) is 0.423. The molecule has 1 aromatic heterocycles. The van der Waals surface area contributed by atoms with Crippen molar-refractivity contribution in [2.75, 3.05) is 19.9 Å². The number of aliphatic hydroxyl groups is 1. The van der Waals surface area contributed by atoms with Crippen LogP contribution < -0.4 is 5.56 Å². The lowest BCUT2D eigenvalue weighted by atomic mass is 9.93. The zero-order valence-electron chi connectivity index (χ0n) is 19.3. The summed E-state index contributed by atoms with van der Waals surface area (Å²) in [6.45, 7) is 3.85. The van der Waals surface area contributed by atoms with Gasteiger partial charge in [-0.3, -0.25) is 18.5 Å². The Balaban J connectivity index is 1.70. The second-order valence-electron chi connectivity index (χ2n) is 8.84. The Morgan fingerprint density at radius 1 is 1.26 bits per heavy atom. The summed E-state index contributed by atoms with van der Waals surface area (Å²) in [6.07, 6.45) is 1.63. The van der Waals surface area contributed by atoms with Crippen LogP contribution in [0.3, 0.4) is 0 Å². The first-order valence-electron chi connectivity index (χ1n) is 11.4. The fourth-order valence-electron chi connectivity index (χ4n) is 4.54. The number of Topliss-reactive ketones (excluding diaryl/α,β-unsaturated/α-hetero) is 1. The van der Waals surface area contributed by atoms with Crippen LogP contribution in [0.1, 0.15) is 57.9 Å². The molecule has 2 aromatic carbocycles. The molecule has 1 aliphatic rings. The number of fused-ring (bicyclic) bond motifs is 1. The molecule has 1 saturated heterocycles. The third kappa shape index (κ3) is 4.65. The summed E-state index contributed by atoms with van der Waals surface area (Å²) in [5.74, 6) is -1.05. The van der Waals surface area contributed by atoms with Gasteiger partial charge in [-0.2, -0.15) is 0 Å². The molecule has 0 amide bonds. The molecule has 0 bridgehead atoms. The lowest BCUT2D eigenvalue weighted by Crippen LogP contribution is -2.39. The lowest BCUT2D eigenvalue weighted by Gasteiger charge is -2.29. The molecule has 8 heteroatoms. The van der Waals surface area contributed by atoms with Crippen LogP contribution >= 0.6 is 0 Å². The molecule has 1 fully saturated rings. The van der Waals surface area contributed by atoms with Crippen molar-refractivity contribution in [2.24, 2.45) is 0 Å². The van der Waals surface area contributed by atoms with Crippen LogP contribution in [0.25, 0.3) is 10.9 Å². The maximum Gasteiger partial charge on any atom is 0.261 e. The van der Waals surface area contributed by atoms with Gasteiger partial charge in [0.2, 0.25) is 0 Å². The number of aromatic nitrogens is 2. The first kappa shape index (κ1) is 24.2. The van der Waals surface area contributed by atoms with E-state index < -0.39 is 30.4 Å². The van der Waals surface area contributed by atoms with Crippen molar-refractivity contribution in [2.45, 2.75) is 51.7 Å². The number of hydrogen-bond donors (Lipinski definition) is 1. The van der Waals surface area contributed by atoms with Crippen molar-refractivity contribution < 1.29 is 23.4 Å². The summed E-state index contributed by atoms with van der Waals surface area (Å²) >= 11 is 0. The highest BCUT2D eigenvalue weighted by Crippen LogP contribution is 2.26. The number of ketones is 1. The first-order chi connectivity index (χ1) is 16.3. The van der Waals surface area contributed by atoms with Crippen LogP contribution in [0, 0.1) is 19.7 Å². The van der Waals surface area contributed by atoms with Crippen LogP contribution in [-0.2, 0) is 11.2 Å². The van der Waals surface area contributed by atoms with Gasteiger partial charge in [-0.1, -0.05) is 6.07 Å². The van der Waals surface area contributed by atoms with Gasteiger partial charge in [-0.15, -0.1) is 0 Å². The average molecular weight is 471 g/mol. The maximum absolute atomic E-state index is 14.6. The Labute approximate surface area is 196 Å². The van der Waals surface area contributed by atoms with E-state index in [1.807, 2.05) is 13.8 Å². The van der Waals surface area contributed by atoms with Crippen molar-refractivity contribution in [3.8, 4) is 0 Å². The minimum Gasteiger partial charge on any atom is -0.389 e. The number of nitrogens with zero attached hydrogens (tertiary/aromatic N) is 2. The fourth-order valence-corrected chi connectivity index (χ4v) is 4.54. The second-order valence-corrected chi connectivity index (χ2v) is 8.84. The molecule has 0 unspecified atom stereocenters. The Kier molecular flexibility index (Phi) is 7.19. The molecule has 180 valence electrons. The molecule has 3 aromatic rings. The molecule has 34 heavy (non-hydrogen) atoms. The summed E-state index contributed by atoms with van der Waals surface area (Å²) in [5, 5.41) is 10.8. The molecule has 2 heterocycles. The van der Waals surface area contributed by atoms with Gasteiger partial charge >= 0.3 is 0 Å². The standard InChI is InChI=1S/C26H28F2N2O4/c1-15-16(2)25-20(26(33)30(14-29-25)22-7-9-34-13-24(22)32)12-18(15)10-17-5-6-19(21(28)11-17)23(31)4-3-8-27/h5-6,11-12,14,22,24,32H,3-4,7-10,13H2,1-2H3/t22-,24-/m0/s1. The Bertz CT molecular complexity index is 1290. The number of rotatable bonds is 7. The number of benzene rings is 2. The summed E-state index contributed by atoms with van der Waals surface area (Å²) in [5.41, 5.74) is 3.65. The van der Waals surface area contributed by atoms with Crippen molar-refractivity contribution in [1.82, 2.24) is 9.55 Å². The van der Waals surface area contributed by atoms with E-state index in [1.165, 1.54) is 23.0 Å². The smallest absolute Gasteiger partial charge is 0.261 e. The minimum absolute atomic E-state index is 0.0309. The van der Waals surface area contributed by atoms with E-state index in [0.717, 1.165) is 16.7 Å². The molecule has 0 radical (unpaired) electrons. The van der Waals surface area contributed by atoms with Gasteiger partial charge in [-0.25, -0.2) is 9.37 Å². The number of halogens is 2. The number of carbonyl (C=O) groups excluding carboxylic acids is 1. The van der Waals surface area contributed by atoms with Crippen molar-refractivity contribution in [1.29, 1.82) is 0 Å². The predicted octanol–water partition coefficient (Wildman–Crippen LogP) is 4.00. The molecular formula is C26H28F2N2O4. The van der Waals surface area contributed by atoms with E-state index in [2.05, 4.69) is 4.98 Å². The van der Waals surface area contributed by atoms with Crippen LogP contribution in [-0.4, -0.2) is 46.4 Å². The Morgan fingerprint density at radius 2 is 2.06 bits per heavy atom. The largest absolute Gasteiger partial charge is 0.389 e. The normalized spacial score (nSPS) is 18.4. The number of aliphatic hydroxyl groups excluding tert-OH is 1. The zero-order chi connectivity index (χ0) is 24.4. The summed E-state index contributed by atoms with van der Waals surface area (Å²) in [6, 6.07) is 5.83. The van der Waals surface area contributed by atoms with E-state index in [1.54, 1.807) is 12.1 Å². The Morgan fingerprint density at radius 3 is 2.76 bits per heavy atom. The highest BCUT2D eigenvalue weighted by Gasteiger charge is 2.27. The van der Waals surface area contributed by atoms with Gasteiger partial charge in [0.25, 0.3) is 5.56 Å². The van der Waals surface area contributed by atoms with Crippen molar-refractivity contribution in [3.63, 3.8) is 0 Å². The van der Waals surface area contributed by atoms with Crippen LogP contribution in [0.15, 0.2) is 35.4 Å². The van der Waals surface area contributed by atoms with E-state index in [4.69, 9.17) is 4.74 Å². The molecule has 0 saturated carbocycles. The van der Waals surface area contributed by atoms with Gasteiger partial charge in [0.1, 0.15) is 5.82 Å². The molecule has 6 nitrogen and oxygen atoms in total. The third-order valence-corrected chi connectivity index (χ3v) is 6.66. The van der Waals surface area contributed by atoms with Gasteiger partial charge in [0.05, 0.1) is 48.2 Å². The molecule has 0 spiro atoms. The van der Waals surface area contributed by atoms with Crippen LogP contribution in [0.4, 0.5) is 8.78 Å². The highest BCUT2D eigenvalue weighted by molar-refractivity contribution is 5.96. The van der Waals surface area contributed by atoms with Gasteiger partial charge in [0.15, 0.2) is 5.78 Å². The van der Waals surface area contributed by atoms with E-state index in [9.17, 15) is 23.5 Å². The number of alkyl halides is 1. The number of ether oxygens (including phenoxy) is 1. The van der Waals surface area contributed by atoms with E-state index in [0.29, 0.717) is 35.9 Å². The number of aryl methyl sites for hydroxylation is 1. The average Bonchev–Trinajstić information content (AvgIpc) is 2.82. The quantitative estimate of drug-likeness (QED) is 0.528. The number of carbonyl (C=O) groups is 1. The Hall–Kier alpha value is -2.97. The number of hydrogen-bond acceptors (Lipinski definition) is 5. The van der Waals surface area contributed by atoms with E-state index in [-0.39, 0.29) is 30.6 Å². The molecule has 4 rings (SSSR count). The molecule has 0 aliphatic carbocycles. The summed E-state index contributed by atoms with van der Waals surface area (Å²) in [7, 11) is 0. The first-order valence-corrected chi connectivity index (χ1v) is 11.4. The van der Waals surface area contributed by atoms with Gasteiger partial charge in [-0.05, 0) is 73.6 Å². The highest BCUT2D eigenvalue weighted by atomic mass is 19.1. The van der Waals surface area contributed by atoms with Crippen LogP contribution in [0.5, 0.6) is 0 Å². The predicted molar refractivity (Wildman–Crippen MR) is 125 cm³/mol. The molecule has 1 aliphatic heterocycles. The van der Waals surface area contributed by atoms with Crippen molar-refractivity contribution >= 4 is 16.7 Å². The summed E-state index contributed by atoms with van der Waals surface area (Å²) < 4.78 is 33.7. The SMILES string of the molecule is Cc1c(Cc2ccc(C(=O)CCCF)c(F)c2)cc2c(=O)n([C@H]3CCOC[C@@H]3O)cnc2c1C. The van der Waals surface area contributed by atoms with Crippen molar-refractivity contribution in [3.05, 3.63) is 74.6 Å². The lowest BCUT2D eigenvalue weighted by molar-refractivity contribution is -0.0395. The third-order valence-electron chi connectivity index (χ3n) is 6.66.